The Morgan fingerprint density at radius 3 is 2.26 bits per heavy atom. The lowest BCUT2D eigenvalue weighted by atomic mass is 10.1. The lowest BCUT2D eigenvalue weighted by molar-refractivity contribution is 0.0963. The zero-order valence-electron chi connectivity index (χ0n) is 15.6. The predicted octanol–water partition coefficient (Wildman–Crippen LogP) is 2.29. The molecule has 7 nitrogen and oxygen atoms in total. The Labute approximate surface area is 176 Å². The van der Waals surface area contributed by atoms with Gasteiger partial charge in [0.15, 0.2) is 17.5 Å². The summed E-state index contributed by atoms with van der Waals surface area (Å²) < 4.78 is 10.5. The molecule has 0 bridgehead atoms. The third-order valence-corrected chi connectivity index (χ3v) is 3.80. The van der Waals surface area contributed by atoms with E-state index in [2.05, 4.69) is 15.6 Å². The van der Waals surface area contributed by atoms with Crippen LogP contribution in [0.1, 0.15) is 21.5 Å². The standard InChI is InChI=1S/C19H24N4O3.HI/c1-21-18(24)15-7-4-13(5-8-15)11-22-19(20)23-12-14-6-9-16(25-2)17(10-14)26-3;/h4-10H,11-12H2,1-3H3,(H,21,24)(H3,20,22,23);1H. The summed E-state index contributed by atoms with van der Waals surface area (Å²) in [4.78, 5) is 15.8. The van der Waals surface area contributed by atoms with Crippen molar-refractivity contribution in [1.29, 1.82) is 0 Å². The molecule has 0 aliphatic heterocycles. The van der Waals surface area contributed by atoms with Gasteiger partial charge in [-0.25, -0.2) is 4.99 Å². The Balaban J connectivity index is 0.00000364. The first-order chi connectivity index (χ1) is 12.6. The number of rotatable bonds is 7. The van der Waals surface area contributed by atoms with E-state index in [1.54, 1.807) is 33.4 Å². The molecule has 0 heterocycles. The number of methoxy groups -OCH3 is 2. The smallest absolute Gasteiger partial charge is 0.251 e. The largest absolute Gasteiger partial charge is 0.493 e. The Morgan fingerprint density at radius 2 is 1.67 bits per heavy atom. The Morgan fingerprint density at radius 1 is 1.04 bits per heavy atom. The van der Waals surface area contributed by atoms with Crippen LogP contribution in [0.3, 0.4) is 0 Å². The molecular formula is C19H25IN4O3. The van der Waals surface area contributed by atoms with Gasteiger partial charge in [0.2, 0.25) is 0 Å². The fourth-order valence-electron chi connectivity index (χ4n) is 2.32. The third-order valence-electron chi connectivity index (χ3n) is 3.80. The van der Waals surface area contributed by atoms with Crippen molar-refractivity contribution in [2.75, 3.05) is 21.3 Å². The van der Waals surface area contributed by atoms with Gasteiger partial charge in [0.05, 0.1) is 20.8 Å². The van der Waals surface area contributed by atoms with Crippen molar-refractivity contribution >= 4 is 35.8 Å². The van der Waals surface area contributed by atoms with Crippen molar-refractivity contribution < 1.29 is 14.3 Å². The van der Waals surface area contributed by atoms with Crippen molar-refractivity contribution in [3.63, 3.8) is 0 Å². The molecule has 0 spiro atoms. The number of halogens is 1. The highest BCUT2D eigenvalue weighted by atomic mass is 127. The van der Waals surface area contributed by atoms with Gasteiger partial charge in [-0.2, -0.15) is 0 Å². The molecule has 0 atom stereocenters. The monoisotopic (exact) mass is 484 g/mol. The van der Waals surface area contributed by atoms with Crippen LogP contribution in [-0.4, -0.2) is 33.1 Å². The second-order valence-electron chi connectivity index (χ2n) is 5.52. The zero-order chi connectivity index (χ0) is 18.9. The van der Waals surface area contributed by atoms with Crippen molar-refractivity contribution in [2.24, 2.45) is 10.7 Å². The van der Waals surface area contributed by atoms with Crippen molar-refractivity contribution in [2.45, 2.75) is 13.1 Å². The molecule has 1 amide bonds. The van der Waals surface area contributed by atoms with Crippen LogP contribution in [0, 0.1) is 0 Å². The predicted molar refractivity (Wildman–Crippen MR) is 117 cm³/mol. The van der Waals surface area contributed by atoms with Gasteiger partial charge in [-0.3, -0.25) is 4.79 Å². The van der Waals surface area contributed by atoms with E-state index in [1.165, 1.54) is 0 Å². The van der Waals surface area contributed by atoms with Crippen molar-refractivity contribution in [3.05, 3.63) is 59.2 Å². The average molecular weight is 484 g/mol. The minimum atomic E-state index is -0.111. The van der Waals surface area contributed by atoms with E-state index < -0.39 is 0 Å². The van der Waals surface area contributed by atoms with E-state index in [1.807, 2.05) is 30.3 Å². The number of benzene rings is 2. The quantitative estimate of drug-likeness (QED) is 0.318. The molecule has 0 radical (unpaired) electrons. The number of carbonyl (C=O) groups excluding carboxylic acids is 1. The minimum Gasteiger partial charge on any atom is -0.493 e. The van der Waals surface area contributed by atoms with Crippen LogP contribution in [0.2, 0.25) is 0 Å². The number of hydrogen-bond acceptors (Lipinski definition) is 4. The molecule has 0 aliphatic rings. The van der Waals surface area contributed by atoms with E-state index in [-0.39, 0.29) is 29.9 Å². The van der Waals surface area contributed by atoms with Gasteiger partial charge in [0.1, 0.15) is 0 Å². The summed E-state index contributed by atoms with van der Waals surface area (Å²) in [5, 5.41) is 5.64. The molecule has 2 aromatic carbocycles. The molecule has 146 valence electrons. The Kier molecular flexibility index (Phi) is 9.41. The van der Waals surface area contributed by atoms with Crippen LogP contribution in [0.25, 0.3) is 0 Å². The average Bonchev–Trinajstić information content (AvgIpc) is 2.70. The Hall–Kier alpha value is -2.49. The van der Waals surface area contributed by atoms with E-state index in [0.29, 0.717) is 36.1 Å². The number of ether oxygens (including phenoxy) is 2. The van der Waals surface area contributed by atoms with Crippen molar-refractivity contribution in [1.82, 2.24) is 10.6 Å². The van der Waals surface area contributed by atoms with Gasteiger partial charge in [-0.15, -0.1) is 24.0 Å². The third kappa shape index (κ3) is 6.63. The first-order valence-electron chi connectivity index (χ1n) is 8.13. The SMILES string of the molecule is CNC(=O)c1ccc(CNC(N)=NCc2ccc(OC)c(OC)c2)cc1.I. The summed E-state index contributed by atoms with van der Waals surface area (Å²) in [6, 6.07) is 12.9. The van der Waals surface area contributed by atoms with Crippen LogP contribution < -0.4 is 25.8 Å². The van der Waals surface area contributed by atoms with Gasteiger partial charge in [0, 0.05) is 19.2 Å². The number of nitrogens with one attached hydrogen (secondary N) is 2. The summed E-state index contributed by atoms with van der Waals surface area (Å²) in [6.07, 6.45) is 0. The summed E-state index contributed by atoms with van der Waals surface area (Å²) in [6.45, 7) is 0.948. The van der Waals surface area contributed by atoms with E-state index in [4.69, 9.17) is 15.2 Å². The van der Waals surface area contributed by atoms with Gasteiger partial charge < -0.3 is 25.8 Å². The number of nitrogens with zero attached hydrogens (tertiary/aromatic N) is 1. The first kappa shape index (κ1) is 22.6. The molecule has 4 N–H and O–H groups in total. The molecule has 0 aromatic heterocycles. The van der Waals surface area contributed by atoms with Gasteiger partial charge >= 0.3 is 0 Å². The topological polar surface area (TPSA) is 98.0 Å². The van der Waals surface area contributed by atoms with Crippen LogP contribution in [0.4, 0.5) is 0 Å². The van der Waals surface area contributed by atoms with Crippen molar-refractivity contribution in [3.8, 4) is 11.5 Å². The maximum Gasteiger partial charge on any atom is 0.251 e. The molecule has 0 fully saturated rings. The fraction of sp³-hybridized carbons (Fsp3) is 0.263. The minimum absolute atomic E-state index is 0. The van der Waals surface area contributed by atoms with Gasteiger partial charge in [-0.05, 0) is 35.4 Å². The van der Waals surface area contributed by atoms with Crippen LogP contribution in [-0.2, 0) is 13.1 Å². The second-order valence-corrected chi connectivity index (χ2v) is 5.52. The first-order valence-corrected chi connectivity index (χ1v) is 8.13. The molecule has 0 unspecified atom stereocenters. The molecule has 0 saturated carbocycles. The summed E-state index contributed by atoms with van der Waals surface area (Å²) in [5.74, 6) is 1.56. The molecule has 8 heteroatoms. The number of amides is 1. The maximum atomic E-state index is 11.5. The molecule has 0 saturated heterocycles. The highest BCUT2D eigenvalue weighted by Crippen LogP contribution is 2.27. The number of carbonyl (C=O) groups is 1. The van der Waals surface area contributed by atoms with Crippen LogP contribution in [0.15, 0.2) is 47.5 Å². The Bertz CT molecular complexity index is 779. The normalized spacial score (nSPS) is 10.6. The summed E-state index contributed by atoms with van der Waals surface area (Å²) >= 11 is 0. The number of hydrogen-bond donors (Lipinski definition) is 3. The van der Waals surface area contributed by atoms with E-state index >= 15 is 0 Å². The van der Waals surface area contributed by atoms with Crippen LogP contribution in [0.5, 0.6) is 11.5 Å². The highest BCUT2D eigenvalue weighted by Gasteiger charge is 2.05. The molecular weight excluding hydrogens is 459 g/mol. The van der Waals surface area contributed by atoms with E-state index in [9.17, 15) is 4.79 Å². The number of guanidine groups is 1. The number of aliphatic imine (C=N–C) groups is 1. The lowest BCUT2D eigenvalue weighted by Gasteiger charge is -2.09. The highest BCUT2D eigenvalue weighted by molar-refractivity contribution is 14.0. The molecule has 2 rings (SSSR count). The van der Waals surface area contributed by atoms with E-state index in [0.717, 1.165) is 11.1 Å². The number of nitrogens with two attached hydrogens (primary N) is 1. The summed E-state index contributed by atoms with van der Waals surface area (Å²) in [7, 11) is 4.79. The van der Waals surface area contributed by atoms with Crippen LogP contribution >= 0.6 is 24.0 Å². The van der Waals surface area contributed by atoms with Gasteiger partial charge in [0.25, 0.3) is 5.91 Å². The lowest BCUT2D eigenvalue weighted by Crippen LogP contribution is -2.31. The fourth-order valence-corrected chi connectivity index (χ4v) is 2.32. The maximum absolute atomic E-state index is 11.5. The molecule has 27 heavy (non-hydrogen) atoms. The molecule has 2 aromatic rings. The molecule has 0 aliphatic carbocycles. The van der Waals surface area contributed by atoms with Gasteiger partial charge in [-0.1, -0.05) is 18.2 Å². The zero-order valence-corrected chi connectivity index (χ0v) is 17.9. The second kappa shape index (κ2) is 11.3. The summed E-state index contributed by atoms with van der Waals surface area (Å²) in [5.41, 5.74) is 8.49.